The van der Waals surface area contributed by atoms with E-state index in [9.17, 15) is 35.9 Å². The Kier molecular flexibility index (Phi) is 7.38. The highest BCUT2D eigenvalue weighted by Gasteiger charge is 2.38. The number of halogens is 6. The van der Waals surface area contributed by atoms with Crippen LogP contribution >= 0.6 is 11.3 Å². The summed E-state index contributed by atoms with van der Waals surface area (Å²) < 4.78 is 84.0. The number of ether oxygens (including phenoxy) is 1. The predicted octanol–water partition coefficient (Wildman–Crippen LogP) is 5.00. The number of hydrogen-bond donors (Lipinski definition) is 1. The van der Waals surface area contributed by atoms with Crippen LogP contribution in [0.2, 0.25) is 0 Å². The SMILES string of the molecule is CCOC(=O)c1nc(C(=O)N2CCCC2C)c(-c2cnc(NCC(F)(F)F)cc2C(F)(F)F)s1. The van der Waals surface area contributed by atoms with Gasteiger partial charge in [-0.1, -0.05) is 0 Å². The summed E-state index contributed by atoms with van der Waals surface area (Å²) in [7, 11) is 0. The Morgan fingerprint density at radius 1 is 1.26 bits per heavy atom. The highest BCUT2D eigenvalue weighted by molar-refractivity contribution is 7.17. The molecule has 0 aliphatic carbocycles. The van der Waals surface area contributed by atoms with E-state index in [0.29, 0.717) is 43.0 Å². The van der Waals surface area contributed by atoms with Crippen molar-refractivity contribution in [3.8, 4) is 10.4 Å². The first-order valence-corrected chi connectivity index (χ1v) is 11.0. The number of aromatic nitrogens is 2. The summed E-state index contributed by atoms with van der Waals surface area (Å²) in [6.45, 7) is 2.09. The average Bonchev–Trinajstić information content (AvgIpc) is 3.37. The Hall–Kier alpha value is -2.90. The van der Waals surface area contributed by atoms with E-state index in [1.54, 1.807) is 12.2 Å². The zero-order valence-electron chi connectivity index (χ0n) is 18.0. The van der Waals surface area contributed by atoms with Gasteiger partial charge < -0.3 is 15.0 Å². The second-order valence-electron chi connectivity index (χ2n) is 7.49. The van der Waals surface area contributed by atoms with Crippen molar-refractivity contribution in [2.45, 2.75) is 45.1 Å². The van der Waals surface area contributed by atoms with Crippen molar-refractivity contribution >= 4 is 29.0 Å². The van der Waals surface area contributed by atoms with E-state index in [-0.39, 0.29) is 28.2 Å². The number of carbonyl (C=O) groups is 2. The smallest absolute Gasteiger partial charge is 0.417 e. The second kappa shape index (κ2) is 9.76. The van der Waals surface area contributed by atoms with Gasteiger partial charge in [-0.2, -0.15) is 26.3 Å². The Morgan fingerprint density at radius 2 is 1.97 bits per heavy atom. The van der Waals surface area contributed by atoms with E-state index >= 15 is 0 Å². The van der Waals surface area contributed by atoms with Gasteiger partial charge in [0.1, 0.15) is 18.1 Å². The topological polar surface area (TPSA) is 84.4 Å². The zero-order valence-corrected chi connectivity index (χ0v) is 18.8. The molecule has 3 rings (SSSR count). The van der Waals surface area contributed by atoms with Crippen molar-refractivity contribution in [2.24, 2.45) is 0 Å². The number of nitrogens with one attached hydrogen (secondary N) is 1. The first kappa shape index (κ1) is 25.7. The van der Waals surface area contributed by atoms with Gasteiger partial charge in [0.25, 0.3) is 5.91 Å². The fourth-order valence-corrected chi connectivity index (χ4v) is 4.43. The van der Waals surface area contributed by atoms with Gasteiger partial charge in [0.05, 0.1) is 17.0 Å². The number of alkyl halides is 6. The number of esters is 1. The van der Waals surface area contributed by atoms with Crippen LogP contribution in [0.5, 0.6) is 0 Å². The first-order valence-electron chi connectivity index (χ1n) is 10.2. The molecule has 1 saturated heterocycles. The molecule has 2 aromatic rings. The third-order valence-corrected chi connectivity index (χ3v) is 6.09. The van der Waals surface area contributed by atoms with Crippen LogP contribution in [0.25, 0.3) is 10.4 Å². The lowest BCUT2D eigenvalue weighted by molar-refractivity contribution is -0.137. The van der Waals surface area contributed by atoms with E-state index in [1.807, 2.05) is 0 Å². The molecule has 186 valence electrons. The van der Waals surface area contributed by atoms with Crippen LogP contribution in [0.1, 0.15) is 52.5 Å². The maximum absolute atomic E-state index is 13.9. The average molecular weight is 510 g/mol. The fourth-order valence-electron chi connectivity index (χ4n) is 3.46. The summed E-state index contributed by atoms with van der Waals surface area (Å²) in [6, 6.07) is 0.250. The number of pyridine rings is 1. The maximum Gasteiger partial charge on any atom is 0.417 e. The Bertz CT molecular complexity index is 1070. The Balaban J connectivity index is 2.12. The van der Waals surface area contributed by atoms with Crippen molar-refractivity contribution in [3.63, 3.8) is 0 Å². The molecule has 1 unspecified atom stereocenters. The molecule has 0 bridgehead atoms. The standard InChI is InChI=1S/C20H20F6N4O3S/c1-3-33-18(32)16-29-14(17(31)30-6-4-5-10(30)2)15(34-16)11-8-27-13(28-9-19(21,22)23)7-12(11)20(24,25)26/h7-8,10H,3-6,9H2,1-2H3,(H,27,28). The largest absolute Gasteiger partial charge is 0.461 e. The van der Waals surface area contributed by atoms with Crippen LogP contribution in [0.3, 0.4) is 0 Å². The number of carbonyl (C=O) groups excluding carboxylic acids is 2. The molecule has 1 aliphatic heterocycles. The van der Waals surface area contributed by atoms with E-state index < -0.39 is 47.7 Å². The van der Waals surface area contributed by atoms with Crippen LogP contribution in [-0.2, 0) is 10.9 Å². The number of rotatable bonds is 6. The molecule has 0 spiro atoms. The summed E-state index contributed by atoms with van der Waals surface area (Å²) in [4.78, 5) is 34.2. The van der Waals surface area contributed by atoms with Crippen molar-refractivity contribution in [3.05, 3.63) is 28.5 Å². The molecule has 34 heavy (non-hydrogen) atoms. The van der Waals surface area contributed by atoms with E-state index in [4.69, 9.17) is 4.74 Å². The Morgan fingerprint density at radius 3 is 2.53 bits per heavy atom. The molecule has 1 fully saturated rings. The van der Waals surface area contributed by atoms with E-state index in [1.165, 1.54) is 11.8 Å². The molecule has 14 heteroatoms. The normalized spacial score (nSPS) is 16.6. The summed E-state index contributed by atoms with van der Waals surface area (Å²) in [5.41, 5.74) is -2.27. The molecule has 0 saturated carbocycles. The van der Waals surface area contributed by atoms with Crippen molar-refractivity contribution in [2.75, 3.05) is 25.0 Å². The molecule has 2 aromatic heterocycles. The minimum absolute atomic E-state index is 0.0187. The van der Waals surface area contributed by atoms with Crippen LogP contribution in [0.15, 0.2) is 12.3 Å². The predicted molar refractivity (Wildman–Crippen MR) is 111 cm³/mol. The minimum atomic E-state index is -5.00. The highest BCUT2D eigenvalue weighted by atomic mass is 32.1. The third kappa shape index (κ3) is 5.77. The van der Waals surface area contributed by atoms with E-state index in [0.717, 1.165) is 0 Å². The van der Waals surface area contributed by atoms with Gasteiger partial charge in [0.2, 0.25) is 5.01 Å². The maximum atomic E-state index is 13.9. The van der Waals surface area contributed by atoms with Crippen molar-refractivity contribution in [1.29, 1.82) is 0 Å². The van der Waals surface area contributed by atoms with Gasteiger partial charge in [0, 0.05) is 24.3 Å². The minimum Gasteiger partial charge on any atom is -0.461 e. The first-order chi connectivity index (χ1) is 15.8. The molecule has 1 amide bonds. The summed E-state index contributed by atoms with van der Waals surface area (Å²) in [5.74, 6) is -2.21. The lowest BCUT2D eigenvalue weighted by Gasteiger charge is -2.21. The number of amides is 1. The molecule has 3 heterocycles. The van der Waals surface area contributed by atoms with Gasteiger partial charge in [-0.3, -0.25) is 4.79 Å². The monoisotopic (exact) mass is 510 g/mol. The number of anilines is 1. The molecule has 0 radical (unpaired) electrons. The quantitative estimate of drug-likeness (QED) is 0.435. The molecule has 1 atom stereocenters. The molecular formula is C20H20F6N4O3S. The van der Waals surface area contributed by atoms with Gasteiger partial charge in [-0.15, -0.1) is 11.3 Å². The van der Waals surface area contributed by atoms with Gasteiger partial charge >= 0.3 is 18.3 Å². The molecule has 1 aliphatic rings. The number of likely N-dealkylation sites (tertiary alicyclic amines) is 1. The second-order valence-corrected chi connectivity index (χ2v) is 8.49. The van der Waals surface area contributed by atoms with Gasteiger partial charge in [-0.05, 0) is 32.8 Å². The molecule has 0 aromatic carbocycles. The number of nitrogens with zero attached hydrogens (tertiary/aromatic N) is 3. The van der Waals surface area contributed by atoms with Crippen LogP contribution < -0.4 is 5.32 Å². The van der Waals surface area contributed by atoms with E-state index in [2.05, 4.69) is 9.97 Å². The van der Waals surface area contributed by atoms with Crippen LogP contribution in [0.4, 0.5) is 32.2 Å². The van der Waals surface area contributed by atoms with Crippen molar-refractivity contribution < 1.29 is 40.7 Å². The molecule has 7 nitrogen and oxygen atoms in total. The molecule has 1 N–H and O–H groups in total. The number of hydrogen-bond acceptors (Lipinski definition) is 7. The lowest BCUT2D eigenvalue weighted by Crippen LogP contribution is -2.34. The van der Waals surface area contributed by atoms with Crippen molar-refractivity contribution in [1.82, 2.24) is 14.9 Å². The van der Waals surface area contributed by atoms with Gasteiger partial charge in [0.15, 0.2) is 0 Å². The summed E-state index contributed by atoms with van der Waals surface area (Å²) >= 11 is 0.529. The summed E-state index contributed by atoms with van der Waals surface area (Å²) in [6.07, 6.45) is -7.55. The zero-order chi connectivity index (χ0) is 25.3. The molecular weight excluding hydrogens is 490 g/mol. The van der Waals surface area contributed by atoms with Crippen LogP contribution in [-0.4, -0.2) is 58.7 Å². The fraction of sp³-hybridized carbons (Fsp3) is 0.500. The lowest BCUT2D eigenvalue weighted by atomic mass is 10.1. The van der Waals surface area contributed by atoms with Crippen LogP contribution in [0, 0.1) is 0 Å². The van der Waals surface area contributed by atoms with Gasteiger partial charge in [-0.25, -0.2) is 14.8 Å². The Labute approximate surface area is 194 Å². The highest BCUT2D eigenvalue weighted by Crippen LogP contribution is 2.42. The summed E-state index contributed by atoms with van der Waals surface area (Å²) in [5, 5.41) is 1.49. The number of thiazole rings is 1. The third-order valence-electron chi connectivity index (χ3n) is 5.02.